The molecule has 0 aromatic heterocycles. The summed E-state index contributed by atoms with van der Waals surface area (Å²) >= 11 is 3.46. The van der Waals surface area contributed by atoms with Gasteiger partial charge in [0.1, 0.15) is 5.75 Å². The van der Waals surface area contributed by atoms with Crippen LogP contribution in [0.1, 0.15) is 18.5 Å². The summed E-state index contributed by atoms with van der Waals surface area (Å²) in [5.74, 6) is 0.330. The summed E-state index contributed by atoms with van der Waals surface area (Å²) in [6.07, 6.45) is 0. The molecule has 1 aliphatic heterocycles. The van der Waals surface area contributed by atoms with E-state index in [0.717, 1.165) is 42.8 Å². The van der Waals surface area contributed by atoms with Crippen molar-refractivity contribution in [3.05, 3.63) is 28.2 Å². The summed E-state index contributed by atoms with van der Waals surface area (Å²) in [6.45, 7) is 7.96. The van der Waals surface area contributed by atoms with Gasteiger partial charge in [-0.15, -0.1) is 0 Å². The number of phenolic OH excluding ortho intramolecular Hbond substituents is 1. The zero-order valence-electron chi connectivity index (χ0n) is 11.3. The lowest BCUT2D eigenvalue weighted by Crippen LogP contribution is -2.48. The van der Waals surface area contributed by atoms with E-state index in [1.54, 1.807) is 6.07 Å². The van der Waals surface area contributed by atoms with Crippen LogP contribution in [0.15, 0.2) is 22.7 Å². The summed E-state index contributed by atoms with van der Waals surface area (Å²) in [4.78, 5) is 4.80. The molecule has 1 heterocycles. The number of halogens is 1. The minimum absolute atomic E-state index is 0.0940. The van der Waals surface area contributed by atoms with Gasteiger partial charge in [-0.2, -0.15) is 0 Å². The number of likely N-dealkylation sites (N-methyl/N-ethyl adjacent to an activating group) is 1. The SMILES string of the molecule is CCN1CCN(C(CN)c2cc(Br)ccc2O)CC1. The third-order valence-corrected chi connectivity index (χ3v) is 4.36. The van der Waals surface area contributed by atoms with Crippen LogP contribution in [-0.2, 0) is 0 Å². The highest BCUT2D eigenvalue weighted by Crippen LogP contribution is 2.31. The molecule has 1 saturated heterocycles. The Balaban J connectivity index is 2.14. The maximum Gasteiger partial charge on any atom is 0.120 e. The molecule has 4 nitrogen and oxygen atoms in total. The molecule has 3 N–H and O–H groups in total. The highest BCUT2D eigenvalue weighted by Gasteiger charge is 2.25. The number of rotatable bonds is 4. The van der Waals surface area contributed by atoms with Crippen LogP contribution in [0, 0.1) is 0 Å². The average Bonchev–Trinajstić information content (AvgIpc) is 2.44. The molecule has 106 valence electrons. The van der Waals surface area contributed by atoms with Gasteiger partial charge in [-0.1, -0.05) is 22.9 Å². The molecule has 0 aliphatic carbocycles. The topological polar surface area (TPSA) is 52.7 Å². The van der Waals surface area contributed by atoms with E-state index in [2.05, 4.69) is 32.7 Å². The van der Waals surface area contributed by atoms with Crippen molar-refractivity contribution in [1.29, 1.82) is 0 Å². The second kappa shape index (κ2) is 6.70. The molecular weight excluding hydrogens is 306 g/mol. The third-order valence-electron chi connectivity index (χ3n) is 3.87. The maximum absolute atomic E-state index is 10.1. The normalized spacial score (nSPS) is 19.5. The summed E-state index contributed by atoms with van der Waals surface area (Å²) in [5.41, 5.74) is 6.86. The van der Waals surface area contributed by atoms with E-state index < -0.39 is 0 Å². The molecule has 1 aromatic carbocycles. The lowest BCUT2D eigenvalue weighted by molar-refractivity contribution is 0.101. The second-order valence-electron chi connectivity index (χ2n) is 4.92. The number of aromatic hydroxyl groups is 1. The fourth-order valence-corrected chi connectivity index (χ4v) is 3.04. The van der Waals surface area contributed by atoms with Crippen LogP contribution in [0.3, 0.4) is 0 Å². The van der Waals surface area contributed by atoms with Gasteiger partial charge in [-0.3, -0.25) is 4.90 Å². The number of phenols is 1. The van der Waals surface area contributed by atoms with Gasteiger partial charge in [0.25, 0.3) is 0 Å². The summed E-state index contributed by atoms with van der Waals surface area (Å²) in [7, 11) is 0. The summed E-state index contributed by atoms with van der Waals surface area (Å²) in [5, 5.41) is 10.1. The molecule has 1 atom stereocenters. The first kappa shape index (κ1) is 14.8. The highest BCUT2D eigenvalue weighted by molar-refractivity contribution is 9.10. The van der Waals surface area contributed by atoms with Gasteiger partial charge < -0.3 is 15.7 Å². The van der Waals surface area contributed by atoms with E-state index in [1.807, 2.05) is 12.1 Å². The van der Waals surface area contributed by atoms with Crippen molar-refractivity contribution in [1.82, 2.24) is 9.80 Å². The molecule has 0 saturated carbocycles. The Hall–Kier alpha value is -0.620. The van der Waals surface area contributed by atoms with Crippen LogP contribution >= 0.6 is 15.9 Å². The monoisotopic (exact) mass is 327 g/mol. The first-order valence-electron chi connectivity index (χ1n) is 6.80. The van der Waals surface area contributed by atoms with Crippen molar-refractivity contribution in [2.75, 3.05) is 39.3 Å². The van der Waals surface area contributed by atoms with Crippen LogP contribution < -0.4 is 5.73 Å². The maximum atomic E-state index is 10.1. The minimum Gasteiger partial charge on any atom is -0.508 e. The molecule has 2 rings (SSSR count). The van der Waals surface area contributed by atoms with Gasteiger partial charge in [-0.05, 0) is 24.7 Å². The number of hydrogen-bond acceptors (Lipinski definition) is 4. The van der Waals surface area contributed by atoms with Crippen LogP contribution in [-0.4, -0.2) is 54.2 Å². The fraction of sp³-hybridized carbons (Fsp3) is 0.571. The standard InChI is InChI=1S/C14H22BrN3O/c1-2-17-5-7-18(8-6-17)13(10-16)12-9-11(15)3-4-14(12)19/h3-4,9,13,19H,2,5-8,10,16H2,1H3. The predicted octanol–water partition coefficient (Wildman–Crippen LogP) is 1.79. The van der Waals surface area contributed by atoms with E-state index in [1.165, 1.54) is 0 Å². The third kappa shape index (κ3) is 3.48. The lowest BCUT2D eigenvalue weighted by Gasteiger charge is -2.38. The Morgan fingerprint density at radius 3 is 2.58 bits per heavy atom. The number of piperazine rings is 1. The number of nitrogens with zero attached hydrogens (tertiary/aromatic N) is 2. The quantitative estimate of drug-likeness (QED) is 0.885. The molecule has 0 spiro atoms. The van der Waals surface area contributed by atoms with Crippen molar-refractivity contribution in [2.45, 2.75) is 13.0 Å². The Kier molecular flexibility index (Phi) is 5.21. The lowest BCUT2D eigenvalue weighted by atomic mass is 10.0. The molecule has 1 fully saturated rings. The van der Waals surface area contributed by atoms with Crippen molar-refractivity contribution in [3.63, 3.8) is 0 Å². The zero-order valence-corrected chi connectivity index (χ0v) is 12.9. The first-order chi connectivity index (χ1) is 9.15. The second-order valence-corrected chi connectivity index (χ2v) is 5.84. The molecular formula is C14H22BrN3O. The molecule has 19 heavy (non-hydrogen) atoms. The average molecular weight is 328 g/mol. The highest BCUT2D eigenvalue weighted by atomic mass is 79.9. The van der Waals surface area contributed by atoms with E-state index >= 15 is 0 Å². The fourth-order valence-electron chi connectivity index (χ4n) is 2.66. The van der Waals surface area contributed by atoms with Crippen LogP contribution in [0.2, 0.25) is 0 Å². The molecule has 0 bridgehead atoms. The van der Waals surface area contributed by atoms with Crippen molar-refractivity contribution < 1.29 is 5.11 Å². The summed E-state index contributed by atoms with van der Waals surface area (Å²) < 4.78 is 0.978. The van der Waals surface area contributed by atoms with Crippen molar-refractivity contribution >= 4 is 15.9 Å². The van der Waals surface area contributed by atoms with Gasteiger partial charge in [0.2, 0.25) is 0 Å². The minimum atomic E-state index is 0.0940. The first-order valence-corrected chi connectivity index (χ1v) is 7.60. The van der Waals surface area contributed by atoms with E-state index in [4.69, 9.17) is 5.73 Å². The Labute approximate surface area is 123 Å². The van der Waals surface area contributed by atoms with Crippen molar-refractivity contribution in [3.8, 4) is 5.75 Å². The summed E-state index contributed by atoms with van der Waals surface area (Å²) in [6, 6.07) is 5.64. The smallest absolute Gasteiger partial charge is 0.120 e. The molecule has 1 aliphatic rings. The van der Waals surface area contributed by atoms with Gasteiger partial charge in [0, 0.05) is 42.8 Å². The Morgan fingerprint density at radius 2 is 2.00 bits per heavy atom. The Bertz CT molecular complexity index is 419. The van der Waals surface area contributed by atoms with E-state index in [0.29, 0.717) is 12.3 Å². The molecule has 5 heteroatoms. The number of benzene rings is 1. The molecule has 1 unspecified atom stereocenters. The van der Waals surface area contributed by atoms with Gasteiger partial charge in [0.05, 0.1) is 6.04 Å². The van der Waals surface area contributed by atoms with Gasteiger partial charge in [0.15, 0.2) is 0 Å². The number of hydrogen-bond donors (Lipinski definition) is 2. The Morgan fingerprint density at radius 1 is 1.32 bits per heavy atom. The van der Waals surface area contributed by atoms with Crippen molar-refractivity contribution in [2.24, 2.45) is 5.73 Å². The zero-order chi connectivity index (χ0) is 13.8. The molecule has 1 aromatic rings. The van der Waals surface area contributed by atoms with Crippen LogP contribution in [0.25, 0.3) is 0 Å². The largest absolute Gasteiger partial charge is 0.508 e. The van der Waals surface area contributed by atoms with Gasteiger partial charge in [-0.25, -0.2) is 0 Å². The number of nitrogens with two attached hydrogens (primary N) is 1. The van der Waals surface area contributed by atoms with Crippen LogP contribution in [0.5, 0.6) is 5.75 Å². The molecule has 0 radical (unpaired) electrons. The van der Waals surface area contributed by atoms with E-state index in [-0.39, 0.29) is 6.04 Å². The molecule has 0 amide bonds. The van der Waals surface area contributed by atoms with Crippen LogP contribution in [0.4, 0.5) is 0 Å². The van der Waals surface area contributed by atoms with E-state index in [9.17, 15) is 5.11 Å². The van der Waals surface area contributed by atoms with Gasteiger partial charge >= 0.3 is 0 Å². The predicted molar refractivity (Wildman–Crippen MR) is 81.3 cm³/mol.